The molecule has 0 aliphatic carbocycles. The Morgan fingerprint density at radius 2 is 1.79 bits per heavy atom. The van der Waals surface area contributed by atoms with Crippen LogP contribution in [0.2, 0.25) is 0 Å². The minimum absolute atomic E-state index is 0.270. The standard InChI is InChI=1S/C22H24FN3O3/c1-4-28-19-11-8-16(12-20(19)29-5-2)14(3)25-22(27)18-13-24-26-21(18)15-6-9-17(23)10-7-15/h6-14H,4-5H2,1-3H3,(H,24,26)(H,25,27). The number of carbonyl (C=O) groups is 1. The molecule has 1 amide bonds. The van der Waals surface area contributed by atoms with E-state index in [0.717, 1.165) is 5.56 Å². The molecule has 0 spiro atoms. The van der Waals surface area contributed by atoms with Gasteiger partial charge in [0, 0.05) is 5.56 Å². The van der Waals surface area contributed by atoms with Gasteiger partial charge >= 0.3 is 0 Å². The molecule has 0 radical (unpaired) electrons. The second-order valence-electron chi connectivity index (χ2n) is 6.43. The number of ether oxygens (including phenoxy) is 2. The number of aromatic amines is 1. The van der Waals surface area contributed by atoms with Crippen LogP contribution in [0.3, 0.4) is 0 Å². The van der Waals surface area contributed by atoms with Crippen molar-refractivity contribution in [2.45, 2.75) is 26.8 Å². The van der Waals surface area contributed by atoms with E-state index in [2.05, 4.69) is 15.5 Å². The largest absolute Gasteiger partial charge is 0.490 e. The zero-order chi connectivity index (χ0) is 20.8. The van der Waals surface area contributed by atoms with Crippen LogP contribution in [-0.2, 0) is 0 Å². The van der Waals surface area contributed by atoms with Crippen LogP contribution in [0.4, 0.5) is 4.39 Å². The van der Waals surface area contributed by atoms with Gasteiger partial charge in [-0.2, -0.15) is 5.10 Å². The first-order valence-corrected chi connectivity index (χ1v) is 9.53. The second kappa shape index (κ2) is 9.23. The van der Waals surface area contributed by atoms with Gasteiger partial charge in [0.2, 0.25) is 0 Å². The lowest BCUT2D eigenvalue weighted by atomic mass is 10.1. The number of aromatic nitrogens is 2. The van der Waals surface area contributed by atoms with Crippen LogP contribution in [-0.4, -0.2) is 29.3 Å². The molecule has 3 aromatic rings. The molecule has 6 nitrogen and oxygen atoms in total. The van der Waals surface area contributed by atoms with Crippen molar-refractivity contribution >= 4 is 5.91 Å². The van der Waals surface area contributed by atoms with E-state index in [9.17, 15) is 9.18 Å². The average Bonchev–Trinajstić information content (AvgIpc) is 3.20. The van der Waals surface area contributed by atoms with E-state index in [1.165, 1.54) is 18.3 Å². The minimum atomic E-state index is -0.339. The fourth-order valence-corrected chi connectivity index (χ4v) is 2.99. The first kappa shape index (κ1) is 20.4. The van der Waals surface area contributed by atoms with E-state index in [1.54, 1.807) is 12.1 Å². The number of benzene rings is 2. The van der Waals surface area contributed by atoms with E-state index in [0.29, 0.717) is 41.5 Å². The fraction of sp³-hybridized carbons (Fsp3) is 0.273. The molecule has 1 heterocycles. The molecule has 0 bridgehead atoms. The molecule has 152 valence electrons. The number of H-pyrrole nitrogens is 1. The van der Waals surface area contributed by atoms with Crippen molar-refractivity contribution in [3.63, 3.8) is 0 Å². The summed E-state index contributed by atoms with van der Waals surface area (Å²) in [4.78, 5) is 12.8. The topological polar surface area (TPSA) is 76.2 Å². The summed E-state index contributed by atoms with van der Waals surface area (Å²) in [5.74, 6) is 0.694. The van der Waals surface area contributed by atoms with E-state index in [1.807, 2.05) is 39.0 Å². The van der Waals surface area contributed by atoms with Crippen molar-refractivity contribution in [3.05, 3.63) is 65.6 Å². The number of nitrogens with one attached hydrogen (secondary N) is 2. The quantitative estimate of drug-likeness (QED) is 0.587. The van der Waals surface area contributed by atoms with E-state index < -0.39 is 0 Å². The smallest absolute Gasteiger partial charge is 0.255 e. The second-order valence-corrected chi connectivity index (χ2v) is 6.43. The minimum Gasteiger partial charge on any atom is -0.490 e. The van der Waals surface area contributed by atoms with Crippen LogP contribution >= 0.6 is 0 Å². The van der Waals surface area contributed by atoms with Gasteiger partial charge in [0.05, 0.1) is 36.7 Å². The summed E-state index contributed by atoms with van der Waals surface area (Å²) in [5.41, 5.74) is 2.49. The van der Waals surface area contributed by atoms with Crippen molar-refractivity contribution in [2.24, 2.45) is 0 Å². The van der Waals surface area contributed by atoms with Crippen molar-refractivity contribution in [3.8, 4) is 22.8 Å². The highest BCUT2D eigenvalue weighted by Gasteiger charge is 2.19. The molecule has 2 N–H and O–H groups in total. The predicted molar refractivity (Wildman–Crippen MR) is 109 cm³/mol. The Hall–Kier alpha value is -3.35. The van der Waals surface area contributed by atoms with E-state index in [-0.39, 0.29) is 17.8 Å². The summed E-state index contributed by atoms with van der Waals surface area (Å²) in [6.07, 6.45) is 1.46. The Balaban J connectivity index is 1.79. The van der Waals surface area contributed by atoms with Gasteiger partial charge in [-0.3, -0.25) is 9.89 Å². The monoisotopic (exact) mass is 397 g/mol. The van der Waals surface area contributed by atoms with Crippen LogP contribution in [0, 0.1) is 5.82 Å². The zero-order valence-electron chi connectivity index (χ0n) is 16.7. The highest BCUT2D eigenvalue weighted by molar-refractivity contribution is 5.99. The number of carbonyl (C=O) groups excluding carboxylic acids is 1. The average molecular weight is 397 g/mol. The Kier molecular flexibility index (Phi) is 6.49. The molecule has 0 fully saturated rings. The van der Waals surface area contributed by atoms with Crippen molar-refractivity contribution in [1.82, 2.24) is 15.5 Å². The Bertz CT molecular complexity index is 970. The molecule has 0 saturated carbocycles. The van der Waals surface area contributed by atoms with Crippen LogP contribution in [0.25, 0.3) is 11.3 Å². The highest BCUT2D eigenvalue weighted by Crippen LogP contribution is 2.31. The Morgan fingerprint density at radius 1 is 1.10 bits per heavy atom. The van der Waals surface area contributed by atoms with Gasteiger partial charge in [-0.1, -0.05) is 6.07 Å². The first-order valence-electron chi connectivity index (χ1n) is 9.53. The number of amides is 1. The molecule has 1 aromatic heterocycles. The molecule has 2 aromatic carbocycles. The SMILES string of the molecule is CCOc1ccc(C(C)NC(=O)c2cn[nH]c2-c2ccc(F)cc2)cc1OCC. The number of hydrogen-bond acceptors (Lipinski definition) is 4. The van der Waals surface area contributed by atoms with E-state index in [4.69, 9.17) is 9.47 Å². The molecule has 3 rings (SSSR count). The molecule has 0 aliphatic rings. The zero-order valence-corrected chi connectivity index (χ0v) is 16.7. The highest BCUT2D eigenvalue weighted by atomic mass is 19.1. The third-order valence-electron chi connectivity index (χ3n) is 4.43. The lowest BCUT2D eigenvalue weighted by Gasteiger charge is -2.17. The first-order chi connectivity index (χ1) is 14.0. The van der Waals surface area contributed by atoms with Gasteiger partial charge in [0.25, 0.3) is 5.91 Å². The summed E-state index contributed by atoms with van der Waals surface area (Å²) in [5, 5.41) is 9.76. The molecule has 0 aliphatic heterocycles. The normalized spacial score (nSPS) is 11.7. The third-order valence-corrected chi connectivity index (χ3v) is 4.43. The third kappa shape index (κ3) is 4.74. The maximum atomic E-state index is 13.2. The molecule has 1 atom stereocenters. The summed E-state index contributed by atoms with van der Waals surface area (Å²) in [7, 11) is 0. The molecule has 0 saturated heterocycles. The van der Waals surface area contributed by atoms with Crippen LogP contribution < -0.4 is 14.8 Å². The van der Waals surface area contributed by atoms with Gasteiger partial charge < -0.3 is 14.8 Å². The maximum Gasteiger partial charge on any atom is 0.255 e. The summed E-state index contributed by atoms with van der Waals surface area (Å²) >= 11 is 0. The summed E-state index contributed by atoms with van der Waals surface area (Å²) in [6, 6.07) is 11.2. The Morgan fingerprint density at radius 3 is 2.48 bits per heavy atom. The predicted octanol–water partition coefficient (Wildman–Crippen LogP) is 4.50. The maximum absolute atomic E-state index is 13.2. The number of hydrogen-bond donors (Lipinski definition) is 2. The molecular weight excluding hydrogens is 373 g/mol. The van der Waals surface area contributed by atoms with Gasteiger partial charge in [0.1, 0.15) is 5.82 Å². The van der Waals surface area contributed by atoms with Crippen molar-refractivity contribution < 1.29 is 18.7 Å². The van der Waals surface area contributed by atoms with Gasteiger partial charge in [0.15, 0.2) is 11.5 Å². The molecule has 1 unspecified atom stereocenters. The molecule has 7 heteroatoms. The van der Waals surface area contributed by atoms with Crippen LogP contribution in [0.1, 0.15) is 42.7 Å². The van der Waals surface area contributed by atoms with Crippen molar-refractivity contribution in [1.29, 1.82) is 0 Å². The number of nitrogens with zero attached hydrogens (tertiary/aromatic N) is 1. The van der Waals surface area contributed by atoms with Gasteiger partial charge in [-0.25, -0.2) is 4.39 Å². The van der Waals surface area contributed by atoms with Gasteiger partial charge in [-0.15, -0.1) is 0 Å². The Labute approximate surface area is 169 Å². The van der Waals surface area contributed by atoms with Crippen LogP contribution in [0.15, 0.2) is 48.7 Å². The molecule has 29 heavy (non-hydrogen) atoms. The lowest BCUT2D eigenvalue weighted by molar-refractivity contribution is 0.0940. The number of rotatable bonds is 8. The van der Waals surface area contributed by atoms with Crippen molar-refractivity contribution in [2.75, 3.05) is 13.2 Å². The van der Waals surface area contributed by atoms with E-state index >= 15 is 0 Å². The lowest BCUT2D eigenvalue weighted by Crippen LogP contribution is -2.26. The summed E-state index contributed by atoms with van der Waals surface area (Å²) in [6.45, 7) is 6.76. The fourth-order valence-electron chi connectivity index (χ4n) is 2.99. The summed E-state index contributed by atoms with van der Waals surface area (Å²) < 4.78 is 24.4. The molecular formula is C22H24FN3O3. The van der Waals surface area contributed by atoms with Crippen LogP contribution in [0.5, 0.6) is 11.5 Å². The number of halogens is 1. The van der Waals surface area contributed by atoms with Gasteiger partial charge in [-0.05, 0) is 62.7 Å².